The van der Waals surface area contributed by atoms with Crippen LogP contribution < -0.4 is 15.4 Å². The lowest BCUT2D eigenvalue weighted by Crippen LogP contribution is -2.43. The quantitative estimate of drug-likeness (QED) is 0.814. The van der Waals surface area contributed by atoms with Crippen molar-refractivity contribution in [1.82, 2.24) is 10.6 Å². The van der Waals surface area contributed by atoms with Crippen LogP contribution in [0.5, 0.6) is 11.5 Å². The smallest absolute Gasteiger partial charge is 0.338 e. The molecule has 0 unspecified atom stereocenters. The van der Waals surface area contributed by atoms with E-state index >= 15 is 0 Å². The van der Waals surface area contributed by atoms with E-state index in [-0.39, 0.29) is 5.56 Å². The highest BCUT2D eigenvalue weighted by molar-refractivity contribution is 5.98. The van der Waals surface area contributed by atoms with E-state index in [0.717, 1.165) is 0 Å². The van der Waals surface area contributed by atoms with Gasteiger partial charge in [0.25, 0.3) is 5.91 Å². The lowest BCUT2D eigenvalue weighted by molar-refractivity contribution is -0.127. The number of carbonyl (C=O) groups is 3. The summed E-state index contributed by atoms with van der Waals surface area (Å²) >= 11 is 0. The van der Waals surface area contributed by atoms with Gasteiger partial charge < -0.3 is 14.8 Å². The molecule has 7 nitrogen and oxygen atoms in total. The normalized spacial score (nSPS) is 11.1. The van der Waals surface area contributed by atoms with Gasteiger partial charge in [-0.1, -0.05) is 18.2 Å². The van der Waals surface area contributed by atoms with Crippen molar-refractivity contribution >= 4 is 17.9 Å². The molecule has 3 amide bonds. The molecule has 0 aliphatic carbocycles. The first-order valence-corrected chi connectivity index (χ1v) is 7.56. The van der Waals surface area contributed by atoms with E-state index in [1.165, 1.54) is 26.1 Å². The van der Waals surface area contributed by atoms with E-state index < -0.39 is 24.0 Å². The molecule has 0 saturated carbocycles. The highest BCUT2D eigenvalue weighted by atomic mass is 16.5. The number of amides is 3. The van der Waals surface area contributed by atoms with Crippen LogP contribution in [0, 0.1) is 0 Å². The highest BCUT2D eigenvalue weighted by Gasteiger charge is 2.20. The molecule has 2 aromatic rings. The van der Waals surface area contributed by atoms with E-state index in [0.29, 0.717) is 11.5 Å². The van der Waals surface area contributed by atoms with Crippen molar-refractivity contribution in [2.75, 3.05) is 7.05 Å². The van der Waals surface area contributed by atoms with Crippen LogP contribution >= 0.6 is 0 Å². The Morgan fingerprint density at radius 2 is 1.52 bits per heavy atom. The van der Waals surface area contributed by atoms with Gasteiger partial charge in [0.2, 0.25) is 0 Å². The molecule has 0 heterocycles. The molecule has 0 aliphatic rings. The topological polar surface area (TPSA) is 93.7 Å². The number of benzene rings is 2. The highest BCUT2D eigenvalue weighted by Crippen LogP contribution is 2.21. The van der Waals surface area contributed by atoms with E-state index in [1.54, 1.807) is 12.1 Å². The number of ether oxygens (including phenoxy) is 2. The molecule has 130 valence electrons. The predicted octanol–water partition coefficient (Wildman–Crippen LogP) is 2.48. The number of para-hydroxylation sites is 1. The lowest BCUT2D eigenvalue weighted by Gasteiger charge is -2.13. The van der Waals surface area contributed by atoms with E-state index in [1.807, 2.05) is 35.6 Å². The maximum absolute atomic E-state index is 12.0. The Labute approximate surface area is 144 Å². The number of hydrogen-bond acceptors (Lipinski definition) is 5. The third-order valence-corrected chi connectivity index (χ3v) is 3.19. The van der Waals surface area contributed by atoms with Crippen LogP contribution in [0.2, 0.25) is 0 Å². The van der Waals surface area contributed by atoms with Crippen LogP contribution in [0.15, 0.2) is 54.6 Å². The first-order chi connectivity index (χ1) is 12.0. The fourth-order valence-electron chi connectivity index (χ4n) is 1.84. The van der Waals surface area contributed by atoms with Crippen molar-refractivity contribution in [3.63, 3.8) is 0 Å². The Balaban J connectivity index is 1.93. The molecule has 1 atom stereocenters. The summed E-state index contributed by atoms with van der Waals surface area (Å²) in [6.07, 6.45) is -1.11. The number of carbonyl (C=O) groups excluding carboxylic acids is 3. The first kappa shape index (κ1) is 18.0. The summed E-state index contributed by atoms with van der Waals surface area (Å²) < 4.78 is 10.7. The number of hydrogen-bond donors (Lipinski definition) is 2. The summed E-state index contributed by atoms with van der Waals surface area (Å²) in [4.78, 5) is 34.8. The van der Waals surface area contributed by atoms with Gasteiger partial charge in [0, 0.05) is 7.05 Å². The van der Waals surface area contributed by atoms with Crippen LogP contribution in [-0.4, -0.2) is 31.1 Å². The summed E-state index contributed by atoms with van der Waals surface area (Å²) in [6, 6.07) is 14.9. The predicted molar refractivity (Wildman–Crippen MR) is 90.4 cm³/mol. The zero-order valence-electron chi connectivity index (χ0n) is 13.8. The number of urea groups is 1. The minimum atomic E-state index is -1.11. The molecule has 2 aromatic carbocycles. The minimum Gasteiger partial charge on any atom is -0.457 e. The van der Waals surface area contributed by atoms with Crippen molar-refractivity contribution < 1.29 is 23.9 Å². The molecule has 0 fully saturated rings. The second kappa shape index (κ2) is 8.49. The van der Waals surface area contributed by atoms with Crippen molar-refractivity contribution in [2.45, 2.75) is 13.0 Å². The molecular weight excluding hydrogens is 324 g/mol. The standard InChI is InChI=1S/C18H18N2O5/c1-12(16(21)20-18(23)19-2)24-17(22)13-8-10-15(11-9-13)25-14-6-4-3-5-7-14/h3-12H,1-2H3,(H2,19,20,21,23)/t12-/m1/s1. The summed E-state index contributed by atoms with van der Waals surface area (Å²) in [5.41, 5.74) is 0.264. The van der Waals surface area contributed by atoms with Crippen LogP contribution in [0.3, 0.4) is 0 Å². The maximum Gasteiger partial charge on any atom is 0.338 e. The Morgan fingerprint density at radius 1 is 0.920 bits per heavy atom. The molecule has 0 bridgehead atoms. The fraction of sp³-hybridized carbons (Fsp3) is 0.167. The molecule has 2 rings (SSSR count). The van der Waals surface area contributed by atoms with Crippen LogP contribution in [0.25, 0.3) is 0 Å². The van der Waals surface area contributed by atoms with Crippen LogP contribution in [-0.2, 0) is 9.53 Å². The van der Waals surface area contributed by atoms with Crippen molar-refractivity contribution in [1.29, 1.82) is 0 Å². The average Bonchev–Trinajstić information content (AvgIpc) is 2.62. The SMILES string of the molecule is CNC(=O)NC(=O)[C@@H](C)OC(=O)c1ccc(Oc2ccccc2)cc1. The monoisotopic (exact) mass is 342 g/mol. The van der Waals surface area contributed by atoms with Crippen LogP contribution in [0.1, 0.15) is 17.3 Å². The zero-order valence-corrected chi connectivity index (χ0v) is 13.8. The third-order valence-electron chi connectivity index (χ3n) is 3.19. The molecule has 0 aliphatic heterocycles. The summed E-state index contributed by atoms with van der Waals surface area (Å²) in [7, 11) is 1.37. The number of rotatable bonds is 5. The Morgan fingerprint density at radius 3 is 2.12 bits per heavy atom. The first-order valence-electron chi connectivity index (χ1n) is 7.56. The largest absolute Gasteiger partial charge is 0.457 e. The van der Waals surface area contributed by atoms with E-state index in [4.69, 9.17) is 9.47 Å². The zero-order chi connectivity index (χ0) is 18.2. The summed E-state index contributed by atoms with van der Waals surface area (Å²) in [5, 5.41) is 4.27. The van der Waals surface area contributed by atoms with Crippen molar-refractivity contribution in [3.8, 4) is 11.5 Å². The van der Waals surface area contributed by atoms with E-state index in [2.05, 4.69) is 5.32 Å². The maximum atomic E-state index is 12.0. The van der Waals surface area contributed by atoms with Gasteiger partial charge >= 0.3 is 12.0 Å². The molecule has 2 N–H and O–H groups in total. The van der Waals surface area contributed by atoms with Crippen LogP contribution in [0.4, 0.5) is 4.79 Å². The molecule has 0 aromatic heterocycles. The van der Waals surface area contributed by atoms with Gasteiger partial charge in [-0.15, -0.1) is 0 Å². The summed E-state index contributed by atoms with van der Waals surface area (Å²) in [6.45, 7) is 1.38. The Bertz CT molecular complexity index is 744. The molecule has 0 spiro atoms. The minimum absolute atomic E-state index is 0.264. The third kappa shape index (κ3) is 5.35. The lowest BCUT2D eigenvalue weighted by atomic mass is 10.2. The van der Waals surface area contributed by atoms with Gasteiger partial charge in [-0.3, -0.25) is 10.1 Å². The van der Waals surface area contributed by atoms with E-state index in [9.17, 15) is 14.4 Å². The van der Waals surface area contributed by atoms with Gasteiger partial charge in [0.15, 0.2) is 6.10 Å². The number of nitrogens with one attached hydrogen (secondary N) is 2. The second-order valence-corrected chi connectivity index (χ2v) is 5.06. The van der Waals surface area contributed by atoms with Gasteiger partial charge in [0.1, 0.15) is 11.5 Å². The average molecular weight is 342 g/mol. The molecule has 0 saturated heterocycles. The number of imide groups is 1. The fourth-order valence-corrected chi connectivity index (χ4v) is 1.84. The molecular formula is C18H18N2O5. The molecule has 25 heavy (non-hydrogen) atoms. The summed E-state index contributed by atoms with van der Waals surface area (Å²) in [5.74, 6) is -0.145. The van der Waals surface area contributed by atoms with Gasteiger partial charge in [-0.05, 0) is 43.3 Å². The number of esters is 1. The molecule has 0 radical (unpaired) electrons. The van der Waals surface area contributed by atoms with Gasteiger partial charge in [0.05, 0.1) is 5.56 Å². The van der Waals surface area contributed by atoms with Gasteiger partial charge in [-0.2, -0.15) is 0 Å². The Hall–Kier alpha value is -3.35. The molecule has 7 heteroatoms. The second-order valence-electron chi connectivity index (χ2n) is 5.06. The van der Waals surface area contributed by atoms with Gasteiger partial charge in [-0.25, -0.2) is 9.59 Å². The van der Waals surface area contributed by atoms with Crippen molar-refractivity contribution in [2.24, 2.45) is 0 Å². The Kier molecular flexibility index (Phi) is 6.11. The van der Waals surface area contributed by atoms with Crippen molar-refractivity contribution in [3.05, 3.63) is 60.2 Å².